The zero-order valence-corrected chi connectivity index (χ0v) is 15.6. The molecule has 1 aliphatic rings. The third-order valence-corrected chi connectivity index (χ3v) is 5.03. The third kappa shape index (κ3) is 5.23. The number of ether oxygens (including phenoxy) is 1. The fraction of sp³-hybridized carbons (Fsp3) is 0.381. The second-order valence-electron chi connectivity index (χ2n) is 6.80. The first-order valence-corrected chi connectivity index (χ1v) is 9.49. The third-order valence-electron chi connectivity index (χ3n) is 4.80. The molecule has 3 rings (SSSR count). The number of halogens is 1. The summed E-state index contributed by atoms with van der Waals surface area (Å²) in [4.78, 5) is 14.0. The first-order chi connectivity index (χ1) is 12.6. The topological polar surface area (TPSA) is 55.6 Å². The van der Waals surface area contributed by atoms with E-state index < -0.39 is 0 Å². The highest BCUT2D eigenvalue weighted by Gasteiger charge is 2.25. The Labute approximate surface area is 159 Å². The van der Waals surface area contributed by atoms with Crippen LogP contribution in [0.4, 0.5) is 0 Å². The van der Waals surface area contributed by atoms with E-state index in [1.807, 2.05) is 36.4 Å². The molecule has 0 radical (unpaired) electrons. The van der Waals surface area contributed by atoms with Crippen LogP contribution >= 0.6 is 11.6 Å². The van der Waals surface area contributed by atoms with Crippen LogP contribution in [0.25, 0.3) is 0 Å². The molecular weight excluding hydrogens is 348 g/mol. The van der Waals surface area contributed by atoms with Crippen LogP contribution in [0.15, 0.2) is 48.5 Å². The van der Waals surface area contributed by atoms with E-state index in [1.54, 1.807) is 0 Å². The molecule has 0 spiro atoms. The van der Waals surface area contributed by atoms with Gasteiger partial charge in [0.05, 0.1) is 6.04 Å². The molecule has 2 aromatic rings. The summed E-state index contributed by atoms with van der Waals surface area (Å²) in [6.45, 7) is 2.14. The molecule has 2 N–H and O–H groups in total. The standard InChI is InChI=1S/C21H25ClN2O2/c22-18-6-4-5-17(13-18)15-26-19-10-8-16(9-11-19)14-24-12-3-1-2-7-20(24)21(23)25/h4-6,8-11,13,20H,1-3,7,12,14-15H2,(H2,23,25)/t20-/m0/s1. The molecule has 0 aromatic heterocycles. The predicted molar refractivity (Wildman–Crippen MR) is 104 cm³/mol. The number of likely N-dealkylation sites (tertiary alicyclic amines) is 1. The van der Waals surface area contributed by atoms with Gasteiger partial charge in [0.2, 0.25) is 5.91 Å². The smallest absolute Gasteiger partial charge is 0.234 e. The molecule has 1 saturated heterocycles. The lowest BCUT2D eigenvalue weighted by Crippen LogP contribution is -2.43. The molecule has 0 bridgehead atoms. The zero-order chi connectivity index (χ0) is 18.4. The SMILES string of the molecule is NC(=O)[C@@H]1CCCCCN1Cc1ccc(OCc2cccc(Cl)c2)cc1. The van der Waals surface area contributed by atoms with Crippen LogP contribution in [0.5, 0.6) is 5.75 Å². The minimum Gasteiger partial charge on any atom is -0.489 e. The Kier molecular flexibility index (Phi) is 6.53. The van der Waals surface area contributed by atoms with E-state index in [-0.39, 0.29) is 11.9 Å². The van der Waals surface area contributed by atoms with E-state index in [0.717, 1.165) is 55.6 Å². The lowest BCUT2D eigenvalue weighted by Gasteiger charge is -2.27. The van der Waals surface area contributed by atoms with Crippen molar-refractivity contribution in [2.75, 3.05) is 6.54 Å². The molecule has 0 unspecified atom stereocenters. The number of hydrogen-bond donors (Lipinski definition) is 1. The fourth-order valence-electron chi connectivity index (χ4n) is 3.40. The van der Waals surface area contributed by atoms with E-state index >= 15 is 0 Å². The number of primary amides is 1. The van der Waals surface area contributed by atoms with E-state index in [0.29, 0.717) is 11.6 Å². The molecule has 138 valence electrons. The highest BCUT2D eigenvalue weighted by molar-refractivity contribution is 6.30. The summed E-state index contributed by atoms with van der Waals surface area (Å²) in [5.74, 6) is 0.601. The van der Waals surface area contributed by atoms with Crippen molar-refractivity contribution in [2.45, 2.75) is 44.9 Å². The summed E-state index contributed by atoms with van der Waals surface area (Å²) in [5, 5.41) is 0.711. The van der Waals surface area contributed by atoms with Gasteiger partial charge >= 0.3 is 0 Å². The van der Waals surface area contributed by atoms with Gasteiger partial charge in [-0.1, -0.05) is 48.7 Å². The summed E-state index contributed by atoms with van der Waals surface area (Å²) in [6, 6.07) is 15.5. The van der Waals surface area contributed by atoms with Crippen molar-refractivity contribution < 1.29 is 9.53 Å². The molecular formula is C21H25ClN2O2. The molecule has 1 fully saturated rings. The van der Waals surface area contributed by atoms with Gasteiger partial charge in [-0.3, -0.25) is 9.69 Å². The normalized spacial score (nSPS) is 18.3. The minimum atomic E-state index is -0.214. The molecule has 1 aliphatic heterocycles. The second kappa shape index (κ2) is 9.06. The van der Waals surface area contributed by atoms with Gasteiger partial charge in [0.15, 0.2) is 0 Å². The predicted octanol–water partition coefficient (Wildman–Crippen LogP) is 4.15. The number of nitrogens with zero attached hydrogens (tertiary/aromatic N) is 1. The fourth-order valence-corrected chi connectivity index (χ4v) is 3.61. The van der Waals surface area contributed by atoms with Gasteiger partial charge in [0, 0.05) is 11.6 Å². The number of rotatable bonds is 6. The minimum absolute atomic E-state index is 0.156. The Balaban J connectivity index is 1.59. The van der Waals surface area contributed by atoms with Gasteiger partial charge in [0.25, 0.3) is 0 Å². The van der Waals surface area contributed by atoms with Crippen molar-refractivity contribution in [1.29, 1.82) is 0 Å². The van der Waals surface area contributed by atoms with Crippen molar-refractivity contribution in [1.82, 2.24) is 4.90 Å². The van der Waals surface area contributed by atoms with Gasteiger partial charge < -0.3 is 10.5 Å². The number of hydrogen-bond acceptors (Lipinski definition) is 3. The average Bonchev–Trinajstić information content (AvgIpc) is 2.87. The van der Waals surface area contributed by atoms with Crippen LogP contribution in [-0.4, -0.2) is 23.4 Å². The molecule has 1 heterocycles. The maximum atomic E-state index is 11.8. The van der Waals surface area contributed by atoms with Crippen LogP contribution in [0.3, 0.4) is 0 Å². The Morgan fingerprint density at radius 2 is 1.92 bits per heavy atom. The van der Waals surface area contributed by atoms with Crippen molar-refractivity contribution in [3.8, 4) is 5.75 Å². The van der Waals surface area contributed by atoms with Crippen LogP contribution in [0.2, 0.25) is 5.02 Å². The lowest BCUT2D eigenvalue weighted by atomic mass is 10.1. The number of nitrogens with two attached hydrogens (primary N) is 1. The maximum Gasteiger partial charge on any atom is 0.234 e. The highest BCUT2D eigenvalue weighted by atomic mass is 35.5. The first kappa shape index (κ1) is 18.7. The van der Waals surface area contributed by atoms with Gasteiger partial charge in [-0.25, -0.2) is 0 Å². The van der Waals surface area contributed by atoms with Crippen LogP contribution in [0, 0.1) is 0 Å². The van der Waals surface area contributed by atoms with E-state index in [2.05, 4.69) is 17.0 Å². The maximum absolute atomic E-state index is 11.8. The quantitative estimate of drug-likeness (QED) is 0.828. The monoisotopic (exact) mass is 372 g/mol. The number of carbonyl (C=O) groups excluding carboxylic acids is 1. The Morgan fingerprint density at radius 1 is 1.12 bits per heavy atom. The Morgan fingerprint density at radius 3 is 2.65 bits per heavy atom. The van der Waals surface area contributed by atoms with Gasteiger partial charge in [-0.15, -0.1) is 0 Å². The molecule has 26 heavy (non-hydrogen) atoms. The Hall–Kier alpha value is -2.04. The molecule has 2 aromatic carbocycles. The lowest BCUT2D eigenvalue weighted by molar-refractivity contribution is -0.123. The van der Waals surface area contributed by atoms with Gasteiger partial charge in [-0.05, 0) is 54.8 Å². The van der Waals surface area contributed by atoms with Gasteiger partial charge in [0.1, 0.15) is 12.4 Å². The number of benzene rings is 2. The highest BCUT2D eigenvalue weighted by Crippen LogP contribution is 2.21. The molecule has 0 saturated carbocycles. The largest absolute Gasteiger partial charge is 0.489 e. The average molecular weight is 373 g/mol. The second-order valence-corrected chi connectivity index (χ2v) is 7.24. The summed E-state index contributed by atoms with van der Waals surface area (Å²) >= 11 is 5.99. The van der Waals surface area contributed by atoms with Crippen molar-refractivity contribution in [2.24, 2.45) is 5.73 Å². The molecule has 1 atom stereocenters. The van der Waals surface area contributed by atoms with Crippen LogP contribution < -0.4 is 10.5 Å². The first-order valence-electron chi connectivity index (χ1n) is 9.11. The van der Waals surface area contributed by atoms with E-state index in [9.17, 15) is 4.79 Å². The van der Waals surface area contributed by atoms with E-state index in [4.69, 9.17) is 22.1 Å². The molecule has 1 amide bonds. The van der Waals surface area contributed by atoms with E-state index in [1.165, 1.54) is 0 Å². The molecule has 4 nitrogen and oxygen atoms in total. The number of amides is 1. The van der Waals surface area contributed by atoms with Crippen molar-refractivity contribution >= 4 is 17.5 Å². The van der Waals surface area contributed by atoms with Crippen molar-refractivity contribution in [3.05, 3.63) is 64.7 Å². The van der Waals surface area contributed by atoms with Crippen LogP contribution in [0.1, 0.15) is 36.8 Å². The summed E-state index contributed by atoms with van der Waals surface area (Å²) < 4.78 is 5.83. The summed E-state index contributed by atoms with van der Waals surface area (Å²) in [5.41, 5.74) is 7.80. The molecule has 0 aliphatic carbocycles. The Bertz CT molecular complexity index is 733. The van der Waals surface area contributed by atoms with Gasteiger partial charge in [-0.2, -0.15) is 0 Å². The summed E-state index contributed by atoms with van der Waals surface area (Å²) in [7, 11) is 0. The zero-order valence-electron chi connectivity index (χ0n) is 14.9. The van der Waals surface area contributed by atoms with Crippen molar-refractivity contribution in [3.63, 3.8) is 0 Å². The van der Waals surface area contributed by atoms with Crippen LogP contribution in [-0.2, 0) is 17.9 Å². The summed E-state index contributed by atoms with van der Waals surface area (Å²) in [6.07, 6.45) is 4.21. The number of carbonyl (C=O) groups is 1. The molecule has 5 heteroatoms.